The molecule has 12 heteroatoms. The highest BCUT2D eigenvalue weighted by Gasteiger charge is 2.42. The van der Waals surface area contributed by atoms with Crippen LogP contribution in [0.25, 0.3) is 10.8 Å². The molecular weight excluding hydrogens is 496 g/mol. The van der Waals surface area contributed by atoms with Crippen molar-refractivity contribution in [3.05, 3.63) is 90.5 Å². The maximum atomic E-state index is 11.2. The Morgan fingerprint density at radius 1 is 0.868 bits per heavy atom. The first-order valence-electron chi connectivity index (χ1n) is 12.0. The number of hydrogen-bond acceptors (Lipinski definition) is 9. The highest BCUT2D eigenvalue weighted by Crippen LogP contribution is 2.39. The quantitative estimate of drug-likeness (QED) is 0.336. The number of aromatic hydroxyl groups is 1. The summed E-state index contributed by atoms with van der Waals surface area (Å²) in [6.45, 7) is 6.34. The Hall–Kier alpha value is -4.16. The van der Waals surface area contributed by atoms with Crippen molar-refractivity contribution >= 4 is 27.8 Å². The number of nitro groups is 3. The van der Waals surface area contributed by atoms with Gasteiger partial charge >= 0.3 is 11.4 Å². The summed E-state index contributed by atoms with van der Waals surface area (Å²) in [6.07, 6.45) is 1.79. The first-order valence-corrected chi connectivity index (χ1v) is 12.0. The number of non-ortho nitro benzene ring substituents is 1. The van der Waals surface area contributed by atoms with Gasteiger partial charge in [0.25, 0.3) is 11.4 Å². The van der Waals surface area contributed by atoms with Gasteiger partial charge in [0.2, 0.25) is 0 Å². The minimum absolute atomic E-state index is 0.321. The smallest absolute Gasteiger partial charge is 0.324 e. The molecule has 0 radical (unpaired) electrons. The topological polar surface area (TPSA) is 173 Å². The molecule has 1 aliphatic rings. The number of nitro benzene ring substituents is 3. The Morgan fingerprint density at radius 3 is 1.89 bits per heavy atom. The number of phenols is 1. The van der Waals surface area contributed by atoms with Gasteiger partial charge in [-0.15, -0.1) is 0 Å². The van der Waals surface area contributed by atoms with Crippen LogP contribution in [0.5, 0.6) is 5.75 Å². The number of nitrogens with zero attached hydrogens (tertiary/aromatic N) is 4. The van der Waals surface area contributed by atoms with Crippen LogP contribution in [0, 0.1) is 42.2 Å². The Labute approximate surface area is 218 Å². The van der Waals surface area contributed by atoms with E-state index >= 15 is 0 Å². The van der Waals surface area contributed by atoms with Crippen LogP contribution in [0.15, 0.2) is 54.6 Å². The lowest BCUT2D eigenvalue weighted by atomic mass is 9.72. The Balaban J connectivity index is 0.000000223. The van der Waals surface area contributed by atoms with Gasteiger partial charge in [0.1, 0.15) is 0 Å². The number of rotatable bonds is 6. The lowest BCUT2D eigenvalue weighted by Crippen LogP contribution is -2.55. The number of likely N-dealkylation sites (tertiary alicyclic amines) is 1. The van der Waals surface area contributed by atoms with Crippen LogP contribution in [0.2, 0.25) is 0 Å². The monoisotopic (exact) mass is 526 g/mol. The maximum absolute atomic E-state index is 11.2. The average molecular weight is 527 g/mol. The summed E-state index contributed by atoms with van der Waals surface area (Å²) in [4.78, 5) is 30.1. The molecule has 0 saturated carbocycles. The molecule has 38 heavy (non-hydrogen) atoms. The zero-order valence-corrected chi connectivity index (χ0v) is 21.3. The van der Waals surface area contributed by atoms with E-state index in [1.54, 1.807) is 0 Å². The van der Waals surface area contributed by atoms with Crippen LogP contribution >= 0.6 is 0 Å². The summed E-state index contributed by atoms with van der Waals surface area (Å²) in [5.41, 5.74) is -2.22. The molecular formula is C26H30N4O8. The van der Waals surface area contributed by atoms with Crippen LogP contribution in [-0.2, 0) is 6.42 Å². The molecule has 2 atom stereocenters. The predicted octanol–water partition coefficient (Wildman–Crippen LogP) is 4.84. The van der Waals surface area contributed by atoms with Crippen LogP contribution in [0.1, 0.15) is 25.8 Å². The SMILES string of the molecule is CC1CN(C)CC(C)C1(O)CCc1ccc2ccccc2c1.O=[N+]([O-])c1cc([N+](=O)[O-])c(O)c([N+](=O)[O-])c1. The van der Waals surface area contributed by atoms with E-state index in [4.69, 9.17) is 5.11 Å². The van der Waals surface area contributed by atoms with E-state index in [9.17, 15) is 35.4 Å². The number of fused-ring (bicyclic) bond motifs is 1. The molecule has 4 rings (SSSR count). The third-order valence-electron chi connectivity index (χ3n) is 7.16. The highest BCUT2D eigenvalue weighted by atomic mass is 16.6. The summed E-state index contributed by atoms with van der Waals surface area (Å²) < 4.78 is 0. The van der Waals surface area contributed by atoms with Crippen molar-refractivity contribution in [3.63, 3.8) is 0 Å². The molecule has 202 valence electrons. The van der Waals surface area contributed by atoms with Crippen molar-refractivity contribution in [1.82, 2.24) is 4.90 Å². The van der Waals surface area contributed by atoms with Gasteiger partial charge in [-0.25, -0.2) is 0 Å². The Morgan fingerprint density at radius 2 is 1.39 bits per heavy atom. The number of phenolic OH excluding ortho intramolecular Hbond substituents is 1. The van der Waals surface area contributed by atoms with E-state index in [2.05, 4.69) is 68.3 Å². The van der Waals surface area contributed by atoms with E-state index in [0.717, 1.165) is 25.9 Å². The van der Waals surface area contributed by atoms with E-state index in [0.29, 0.717) is 24.0 Å². The largest absolute Gasteiger partial charge is 0.497 e. The fourth-order valence-electron chi connectivity index (χ4n) is 5.02. The highest BCUT2D eigenvalue weighted by molar-refractivity contribution is 5.83. The Bertz CT molecular complexity index is 1320. The van der Waals surface area contributed by atoms with Crippen LogP contribution in [-0.4, -0.2) is 55.6 Å². The summed E-state index contributed by atoms with van der Waals surface area (Å²) in [5, 5.41) is 54.0. The summed E-state index contributed by atoms with van der Waals surface area (Å²) >= 11 is 0. The summed E-state index contributed by atoms with van der Waals surface area (Å²) in [7, 11) is 2.15. The predicted molar refractivity (Wildman–Crippen MR) is 141 cm³/mol. The van der Waals surface area contributed by atoms with Crippen molar-refractivity contribution in [2.75, 3.05) is 20.1 Å². The third-order valence-corrected chi connectivity index (χ3v) is 7.16. The molecule has 1 aliphatic heterocycles. The third kappa shape index (κ3) is 6.21. The molecule has 3 aromatic carbocycles. The molecule has 0 spiro atoms. The fraction of sp³-hybridized carbons (Fsp3) is 0.385. The van der Waals surface area contributed by atoms with Crippen molar-refractivity contribution in [2.45, 2.75) is 32.3 Å². The van der Waals surface area contributed by atoms with E-state index in [1.807, 2.05) is 0 Å². The molecule has 1 fully saturated rings. The molecule has 12 nitrogen and oxygen atoms in total. The standard InChI is InChI=1S/C20H27NO.C6H3N3O7/c1-15-13-21(3)14-16(2)20(15,22)11-10-17-8-9-18-6-4-5-7-19(18)12-17;10-6-4(8(13)14)1-3(7(11)12)2-5(6)9(15)16/h4-9,12,15-16,22H,10-11,13-14H2,1-3H3;1-2,10H. The summed E-state index contributed by atoms with van der Waals surface area (Å²) in [5.74, 6) is -0.566. The number of aryl methyl sites for hydroxylation is 1. The zero-order valence-electron chi connectivity index (χ0n) is 21.3. The van der Waals surface area contributed by atoms with Crippen molar-refractivity contribution in [1.29, 1.82) is 0 Å². The molecule has 0 aliphatic carbocycles. The second-order valence-corrected chi connectivity index (χ2v) is 9.80. The van der Waals surface area contributed by atoms with Crippen molar-refractivity contribution in [3.8, 4) is 5.75 Å². The van der Waals surface area contributed by atoms with Crippen molar-refractivity contribution in [2.24, 2.45) is 11.8 Å². The van der Waals surface area contributed by atoms with Crippen LogP contribution in [0.4, 0.5) is 17.1 Å². The number of aliphatic hydroxyl groups is 1. The zero-order chi connectivity index (χ0) is 28.2. The number of hydrogen-bond donors (Lipinski definition) is 2. The van der Waals surface area contributed by atoms with Crippen molar-refractivity contribution < 1.29 is 25.0 Å². The van der Waals surface area contributed by atoms with Crippen LogP contribution < -0.4 is 0 Å². The van der Waals surface area contributed by atoms with Gasteiger partial charge in [-0.3, -0.25) is 30.3 Å². The maximum Gasteiger partial charge on any atom is 0.324 e. The molecule has 1 heterocycles. The molecule has 2 N–H and O–H groups in total. The molecule has 0 amide bonds. The lowest BCUT2D eigenvalue weighted by Gasteiger charge is -2.47. The first kappa shape index (κ1) is 28.4. The second kappa shape index (κ2) is 11.5. The number of benzene rings is 3. The molecule has 2 unspecified atom stereocenters. The lowest BCUT2D eigenvalue weighted by molar-refractivity contribution is -0.404. The van der Waals surface area contributed by atoms with Crippen LogP contribution in [0.3, 0.4) is 0 Å². The molecule has 1 saturated heterocycles. The van der Waals surface area contributed by atoms with Gasteiger partial charge in [0, 0.05) is 13.1 Å². The van der Waals surface area contributed by atoms with Gasteiger partial charge < -0.3 is 15.1 Å². The fourth-order valence-corrected chi connectivity index (χ4v) is 5.02. The molecule has 3 aromatic rings. The first-order chi connectivity index (χ1) is 17.8. The number of piperidine rings is 1. The average Bonchev–Trinajstić information content (AvgIpc) is 2.86. The van der Waals surface area contributed by atoms with E-state index in [-0.39, 0.29) is 0 Å². The molecule has 0 aromatic heterocycles. The minimum atomic E-state index is -1.21. The normalized spacial score (nSPS) is 21.4. The minimum Gasteiger partial charge on any atom is -0.497 e. The second-order valence-electron chi connectivity index (χ2n) is 9.80. The van der Waals surface area contributed by atoms with E-state index in [1.165, 1.54) is 16.3 Å². The van der Waals surface area contributed by atoms with Gasteiger partial charge in [-0.05, 0) is 48.1 Å². The van der Waals surface area contributed by atoms with Gasteiger partial charge in [-0.2, -0.15) is 0 Å². The van der Waals surface area contributed by atoms with Gasteiger partial charge in [0.05, 0.1) is 32.5 Å². The van der Waals surface area contributed by atoms with Gasteiger partial charge in [0.15, 0.2) is 0 Å². The van der Waals surface area contributed by atoms with Gasteiger partial charge in [-0.1, -0.05) is 56.3 Å². The molecule has 0 bridgehead atoms. The summed E-state index contributed by atoms with van der Waals surface area (Å²) in [6, 6.07) is 16.0. The Kier molecular flexibility index (Phi) is 8.59. The van der Waals surface area contributed by atoms with E-state index < -0.39 is 43.2 Å².